The zero-order chi connectivity index (χ0) is 17.7. The number of amides is 1. The lowest BCUT2D eigenvalue weighted by Gasteiger charge is -2.24. The maximum atomic E-state index is 13.0. The number of thiophene rings is 1. The maximum absolute atomic E-state index is 13.0. The second kappa shape index (κ2) is 5.76. The predicted molar refractivity (Wildman–Crippen MR) is 91.0 cm³/mol. The summed E-state index contributed by atoms with van der Waals surface area (Å²) in [5.41, 5.74) is 1.71. The summed E-state index contributed by atoms with van der Waals surface area (Å²) in [5.74, 6) is -0.259. The summed E-state index contributed by atoms with van der Waals surface area (Å²) in [5, 5.41) is 11.2. The fraction of sp³-hybridized carbons (Fsp3) is 0.312. The van der Waals surface area contributed by atoms with E-state index in [-0.39, 0.29) is 11.6 Å². The van der Waals surface area contributed by atoms with Gasteiger partial charge in [-0.1, -0.05) is 0 Å². The number of aryl methyl sites for hydroxylation is 2. The molecule has 25 heavy (non-hydrogen) atoms. The maximum Gasteiger partial charge on any atom is 0.280 e. The molecule has 1 aliphatic rings. The molecule has 0 unspecified atom stereocenters. The summed E-state index contributed by atoms with van der Waals surface area (Å²) in [6.45, 7) is 4.45. The van der Waals surface area contributed by atoms with Crippen LogP contribution in [0.25, 0.3) is 10.2 Å². The van der Waals surface area contributed by atoms with Crippen molar-refractivity contribution in [1.82, 2.24) is 20.1 Å². The van der Waals surface area contributed by atoms with Crippen LogP contribution < -0.4 is 10.6 Å². The summed E-state index contributed by atoms with van der Waals surface area (Å²) in [4.78, 5) is 17.4. The van der Waals surface area contributed by atoms with E-state index in [1.54, 1.807) is 11.6 Å². The van der Waals surface area contributed by atoms with Crippen LogP contribution in [0.5, 0.6) is 0 Å². The number of pyridine rings is 1. The SMILES string of the molecule is CCn1ccc([C@H]2NC(=O)c3sc4nc(C(F)F)cc(C)c4c3N2)n1. The lowest BCUT2D eigenvalue weighted by atomic mass is 10.1. The zero-order valence-electron chi connectivity index (χ0n) is 13.5. The Labute approximate surface area is 145 Å². The van der Waals surface area contributed by atoms with Gasteiger partial charge in [-0.2, -0.15) is 5.10 Å². The van der Waals surface area contributed by atoms with Gasteiger partial charge in [0.2, 0.25) is 0 Å². The van der Waals surface area contributed by atoms with Crippen LogP contribution in [0.2, 0.25) is 0 Å². The number of carbonyl (C=O) groups excluding carboxylic acids is 1. The number of anilines is 1. The van der Waals surface area contributed by atoms with Gasteiger partial charge in [0.05, 0.1) is 5.69 Å². The van der Waals surface area contributed by atoms with Crippen LogP contribution in [-0.4, -0.2) is 20.7 Å². The molecule has 0 aliphatic carbocycles. The Bertz CT molecular complexity index is 980. The van der Waals surface area contributed by atoms with Gasteiger partial charge in [0, 0.05) is 18.1 Å². The number of nitrogens with one attached hydrogen (secondary N) is 2. The number of aromatic nitrogens is 3. The second-order valence-electron chi connectivity index (χ2n) is 5.80. The van der Waals surface area contributed by atoms with Gasteiger partial charge in [0.1, 0.15) is 27.3 Å². The fourth-order valence-corrected chi connectivity index (χ4v) is 4.07. The van der Waals surface area contributed by atoms with E-state index < -0.39 is 12.6 Å². The van der Waals surface area contributed by atoms with Crippen molar-refractivity contribution in [3.8, 4) is 0 Å². The smallest absolute Gasteiger partial charge is 0.280 e. The van der Waals surface area contributed by atoms with Gasteiger partial charge >= 0.3 is 0 Å². The summed E-state index contributed by atoms with van der Waals surface area (Å²) >= 11 is 1.12. The van der Waals surface area contributed by atoms with Crippen LogP contribution in [0.15, 0.2) is 18.3 Å². The standard InChI is InChI=1S/C16H15F2N5OS/c1-3-23-5-4-8(22-23)14-20-11-10-7(2)6-9(13(17)18)19-16(10)25-12(11)15(24)21-14/h4-6,13-14,20H,3H2,1-2H3,(H,21,24)/t14-/m1/s1. The van der Waals surface area contributed by atoms with E-state index in [0.29, 0.717) is 32.0 Å². The Morgan fingerprint density at radius 3 is 2.88 bits per heavy atom. The van der Waals surface area contributed by atoms with Gasteiger partial charge in [-0.3, -0.25) is 9.48 Å². The fourth-order valence-electron chi connectivity index (χ4n) is 2.95. The molecule has 1 atom stereocenters. The van der Waals surface area contributed by atoms with E-state index in [2.05, 4.69) is 20.7 Å². The number of fused-ring (bicyclic) bond motifs is 3. The van der Waals surface area contributed by atoms with E-state index in [1.165, 1.54) is 6.07 Å². The highest BCUT2D eigenvalue weighted by atomic mass is 32.1. The van der Waals surface area contributed by atoms with E-state index in [1.807, 2.05) is 19.2 Å². The van der Waals surface area contributed by atoms with Crippen LogP contribution in [0.4, 0.5) is 14.5 Å². The Morgan fingerprint density at radius 2 is 2.20 bits per heavy atom. The Hall–Kier alpha value is -2.55. The first kappa shape index (κ1) is 15.9. The van der Waals surface area contributed by atoms with Gasteiger partial charge in [0.15, 0.2) is 0 Å². The summed E-state index contributed by atoms with van der Waals surface area (Å²) < 4.78 is 27.8. The number of carbonyl (C=O) groups is 1. The van der Waals surface area contributed by atoms with E-state index in [0.717, 1.165) is 17.9 Å². The highest BCUT2D eigenvalue weighted by Gasteiger charge is 2.31. The molecule has 0 saturated heterocycles. The lowest BCUT2D eigenvalue weighted by molar-refractivity contribution is 0.0939. The molecular formula is C16H15F2N5OS. The molecule has 0 saturated carbocycles. The first-order valence-electron chi connectivity index (χ1n) is 7.81. The topological polar surface area (TPSA) is 71.8 Å². The summed E-state index contributed by atoms with van der Waals surface area (Å²) in [6, 6.07) is 3.20. The third-order valence-electron chi connectivity index (χ3n) is 4.15. The zero-order valence-corrected chi connectivity index (χ0v) is 14.3. The van der Waals surface area contributed by atoms with Crippen molar-refractivity contribution in [1.29, 1.82) is 0 Å². The quantitative estimate of drug-likeness (QED) is 0.746. The van der Waals surface area contributed by atoms with Crippen LogP contribution in [0.3, 0.4) is 0 Å². The van der Waals surface area contributed by atoms with Crippen molar-refractivity contribution in [3.63, 3.8) is 0 Å². The first-order valence-corrected chi connectivity index (χ1v) is 8.62. The molecule has 0 bridgehead atoms. The van der Waals surface area contributed by atoms with Crippen LogP contribution in [0.1, 0.15) is 46.1 Å². The molecule has 9 heteroatoms. The molecular weight excluding hydrogens is 348 g/mol. The van der Waals surface area contributed by atoms with Crippen LogP contribution >= 0.6 is 11.3 Å². The molecule has 0 radical (unpaired) electrons. The van der Waals surface area contributed by atoms with Crippen molar-refractivity contribution < 1.29 is 13.6 Å². The molecule has 4 heterocycles. The van der Waals surface area contributed by atoms with Crippen molar-refractivity contribution >= 4 is 33.1 Å². The minimum absolute atomic E-state index is 0.259. The average molecular weight is 363 g/mol. The summed E-state index contributed by atoms with van der Waals surface area (Å²) in [6.07, 6.45) is -1.28. The molecule has 0 aromatic carbocycles. The number of hydrogen-bond donors (Lipinski definition) is 2. The van der Waals surface area contributed by atoms with E-state index in [4.69, 9.17) is 0 Å². The molecule has 2 N–H and O–H groups in total. The molecule has 130 valence electrons. The number of rotatable bonds is 3. The normalized spacial score (nSPS) is 16.8. The Kier molecular flexibility index (Phi) is 3.68. The van der Waals surface area contributed by atoms with E-state index in [9.17, 15) is 13.6 Å². The van der Waals surface area contributed by atoms with Crippen molar-refractivity contribution in [3.05, 3.63) is 40.2 Å². The van der Waals surface area contributed by atoms with Crippen molar-refractivity contribution in [2.75, 3.05) is 5.32 Å². The summed E-state index contributed by atoms with van der Waals surface area (Å²) in [7, 11) is 0. The number of alkyl halides is 2. The monoisotopic (exact) mass is 363 g/mol. The number of hydrogen-bond acceptors (Lipinski definition) is 5. The second-order valence-corrected chi connectivity index (χ2v) is 6.80. The van der Waals surface area contributed by atoms with Gasteiger partial charge in [-0.25, -0.2) is 13.8 Å². The Balaban J connectivity index is 1.81. The average Bonchev–Trinajstić information content (AvgIpc) is 3.19. The third kappa shape index (κ3) is 2.55. The third-order valence-corrected chi connectivity index (χ3v) is 5.24. The van der Waals surface area contributed by atoms with Crippen molar-refractivity contribution in [2.24, 2.45) is 0 Å². The largest absolute Gasteiger partial charge is 0.358 e. The minimum atomic E-state index is -2.64. The van der Waals surface area contributed by atoms with Gasteiger partial charge < -0.3 is 10.6 Å². The van der Waals surface area contributed by atoms with Crippen LogP contribution in [0, 0.1) is 6.92 Å². The van der Waals surface area contributed by atoms with Crippen LogP contribution in [-0.2, 0) is 6.54 Å². The molecule has 1 amide bonds. The Morgan fingerprint density at radius 1 is 1.40 bits per heavy atom. The number of halogens is 2. The molecule has 1 aliphatic heterocycles. The highest BCUT2D eigenvalue weighted by Crippen LogP contribution is 2.41. The van der Waals surface area contributed by atoms with Gasteiger partial charge in [-0.05, 0) is 31.5 Å². The van der Waals surface area contributed by atoms with Crippen molar-refractivity contribution in [2.45, 2.75) is 33.0 Å². The molecule has 6 nitrogen and oxygen atoms in total. The molecule has 4 rings (SSSR count). The lowest BCUT2D eigenvalue weighted by Crippen LogP contribution is -2.38. The number of nitrogens with zero attached hydrogens (tertiary/aromatic N) is 3. The predicted octanol–water partition coefficient (Wildman–Crippen LogP) is 3.61. The first-order chi connectivity index (χ1) is 12.0. The molecule has 0 spiro atoms. The molecule has 3 aromatic rings. The van der Waals surface area contributed by atoms with Gasteiger partial charge in [0.25, 0.3) is 12.3 Å². The molecule has 3 aromatic heterocycles. The molecule has 0 fully saturated rings. The van der Waals surface area contributed by atoms with E-state index >= 15 is 0 Å². The minimum Gasteiger partial charge on any atom is -0.358 e. The van der Waals surface area contributed by atoms with Gasteiger partial charge in [-0.15, -0.1) is 11.3 Å². The highest BCUT2D eigenvalue weighted by molar-refractivity contribution is 7.21.